The highest BCUT2D eigenvalue weighted by Gasteiger charge is 2.10. The molecule has 0 unspecified atom stereocenters. The van der Waals surface area contributed by atoms with Crippen LogP contribution >= 0.6 is 0 Å². The van der Waals surface area contributed by atoms with Gasteiger partial charge in [0.15, 0.2) is 0 Å². The number of benzene rings is 2. The van der Waals surface area contributed by atoms with Crippen molar-refractivity contribution in [2.24, 2.45) is 7.05 Å². The summed E-state index contributed by atoms with van der Waals surface area (Å²) in [7, 11) is 1.97. The number of hydrogen-bond donors (Lipinski definition) is 2. The number of nitrogens with zero attached hydrogens (tertiary/aromatic N) is 1. The van der Waals surface area contributed by atoms with Gasteiger partial charge in [0, 0.05) is 29.8 Å². The van der Waals surface area contributed by atoms with Gasteiger partial charge in [-0.25, -0.2) is 4.79 Å². The third-order valence-corrected chi connectivity index (χ3v) is 3.78. The summed E-state index contributed by atoms with van der Waals surface area (Å²) in [5, 5.41) is 6.85. The van der Waals surface area contributed by atoms with Gasteiger partial charge in [0.1, 0.15) is 0 Å². The van der Waals surface area contributed by atoms with Crippen molar-refractivity contribution in [2.45, 2.75) is 13.8 Å². The zero-order chi connectivity index (χ0) is 15.7. The molecule has 2 aromatic carbocycles. The molecule has 0 bridgehead atoms. The van der Waals surface area contributed by atoms with Gasteiger partial charge in [-0.2, -0.15) is 0 Å². The van der Waals surface area contributed by atoms with Crippen LogP contribution in [0, 0.1) is 13.8 Å². The topological polar surface area (TPSA) is 46.1 Å². The molecule has 22 heavy (non-hydrogen) atoms. The van der Waals surface area contributed by atoms with Gasteiger partial charge in [0.2, 0.25) is 0 Å². The number of para-hydroxylation sites is 1. The largest absolute Gasteiger partial charge is 0.348 e. The van der Waals surface area contributed by atoms with Crippen molar-refractivity contribution in [3.05, 3.63) is 59.8 Å². The third kappa shape index (κ3) is 2.68. The van der Waals surface area contributed by atoms with E-state index in [0.29, 0.717) is 0 Å². The lowest BCUT2D eigenvalue weighted by atomic mass is 10.1. The molecule has 0 aliphatic heterocycles. The Morgan fingerprint density at radius 2 is 1.73 bits per heavy atom. The van der Waals surface area contributed by atoms with Crippen LogP contribution in [0.1, 0.15) is 11.1 Å². The van der Waals surface area contributed by atoms with E-state index in [2.05, 4.69) is 10.6 Å². The van der Waals surface area contributed by atoms with Crippen LogP contribution in [0.15, 0.2) is 48.7 Å². The number of nitrogens with one attached hydrogen (secondary N) is 2. The summed E-state index contributed by atoms with van der Waals surface area (Å²) >= 11 is 0. The maximum Gasteiger partial charge on any atom is 0.323 e. The van der Waals surface area contributed by atoms with Crippen LogP contribution in [0.5, 0.6) is 0 Å². The van der Waals surface area contributed by atoms with Crippen LogP contribution in [-0.2, 0) is 7.05 Å². The standard InChI is InChI=1S/C18H19N3O/c1-12-8-9-15(13(2)10-12)19-18(22)20-16-11-21(3)17-7-5-4-6-14(16)17/h4-11H,1-3H3,(H2,19,20,22). The Kier molecular flexibility index (Phi) is 3.59. The summed E-state index contributed by atoms with van der Waals surface area (Å²) < 4.78 is 2.00. The normalized spacial score (nSPS) is 10.7. The second-order valence-corrected chi connectivity index (χ2v) is 5.57. The number of carbonyl (C=O) groups excluding carboxylic acids is 1. The Balaban J connectivity index is 1.81. The smallest absolute Gasteiger partial charge is 0.323 e. The lowest BCUT2D eigenvalue weighted by Gasteiger charge is -2.10. The first kappa shape index (κ1) is 14.2. The summed E-state index contributed by atoms with van der Waals surface area (Å²) in [6.07, 6.45) is 1.92. The number of aromatic nitrogens is 1. The molecular formula is C18H19N3O. The van der Waals surface area contributed by atoms with Gasteiger partial charge < -0.3 is 15.2 Å². The van der Waals surface area contributed by atoms with Gasteiger partial charge in [-0.05, 0) is 31.5 Å². The fourth-order valence-electron chi connectivity index (χ4n) is 2.67. The molecule has 0 aliphatic carbocycles. The van der Waals surface area contributed by atoms with Crippen LogP contribution in [0.3, 0.4) is 0 Å². The molecule has 2 amide bonds. The number of carbonyl (C=O) groups is 1. The predicted octanol–water partition coefficient (Wildman–Crippen LogP) is 4.44. The average Bonchev–Trinajstić information content (AvgIpc) is 2.79. The number of amides is 2. The fourth-order valence-corrected chi connectivity index (χ4v) is 2.67. The maximum absolute atomic E-state index is 12.2. The quantitative estimate of drug-likeness (QED) is 0.721. The zero-order valence-corrected chi connectivity index (χ0v) is 13.0. The molecule has 112 valence electrons. The lowest BCUT2D eigenvalue weighted by Crippen LogP contribution is -2.19. The van der Waals surface area contributed by atoms with Gasteiger partial charge in [-0.15, -0.1) is 0 Å². The molecule has 3 aromatic rings. The van der Waals surface area contributed by atoms with Gasteiger partial charge in [-0.3, -0.25) is 0 Å². The summed E-state index contributed by atoms with van der Waals surface area (Å²) in [5.41, 5.74) is 4.94. The maximum atomic E-state index is 12.2. The first-order valence-electron chi connectivity index (χ1n) is 7.24. The first-order chi connectivity index (χ1) is 10.5. The van der Waals surface area contributed by atoms with Crippen molar-refractivity contribution >= 4 is 28.3 Å². The zero-order valence-electron chi connectivity index (χ0n) is 13.0. The molecule has 2 N–H and O–H groups in total. The van der Waals surface area contributed by atoms with E-state index in [1.54, 1.807) is 0 Å². The van der Waals surface area contributed by atoms with Crippen molar-refractivity contribution in [3.63, 3.8) is 0 Å². The molecule has 0 saturated carbocycles. The minimum absolute atomic E-state index is 0.233. The highest BCUT2D eigenvalue weighted by molar-refractivity contribution is 6.06. The van der Waals surface area contributed by atoms with Crippen LogP contribution in [0.4, 0.5) is 16.2 Å². The highest BCUT2D eigenvalue weighted by Crippen LogP contribution is 2.25. The molecular weight excluding hydrogens is 274 g/mol. The molecule has 0 fully saturated rings. The van der Waals surface area contributed by atoms with Gasteiger partial charge in [-0.1, -0.05) is 35.9 Å². The number of urea groups is 1. The van der Waals surface area contributed by atoms with E-state index in [4.69, 9.17) is 0 Å². The van der Waals surface area contributed by atoms with Crippen molar-refractivity contribution in [1.29, 1.82) is 0 Å². The van der Waals surface area contributed by atoms with Crippen molar-refractivity contribution in [1.82, 2.24) is 4.57 Å². The summed E-state index contributed by atoms with van der Waals surface area (Å²) in [4.78, 5) is 12.2. The lowest BCUT2D eigenvalue weighted by molar-refractivity contribution is 0.262. The fraction of sp³-hybridized carbons (Fsp3) is 0.167. The molecule has 3 rings (SSSR count). The minimum atomic E-state index is -0.233. The molecule has 0 atom stereocenters. The number of anilines is 2. The van der Waals surface area contributed by atoms with E-state index >= 15 is 0 Å². The number of aryl methyl sites for hydroxylation is 3. The average molecular weight is 293 g/mol. The molecule has 0 aliphatic rings. The predicted molar refractivity (Wildman–Crippen MR) is 91.5 cm³/mol. The molecule has 0 saturated heterocycles. The first-order valence-corrected chi connectivity index (χ1v) is 7.24. The SMILES string of the molecule is Cc1ccc(NC(=O)Nc2cn(C)c3ccccc23)c(C)c1. The van der Waals surface area contributed by atoms with E-state index in [9.17, 15) is 4.79 Å². The van der Waals surface area contributed by atoms with Crippen molar-refractivity contribution in [3.8, 4) is 0 Å². The Morgan fingerprint density at radius 3 is 2.50 bits per heavy atom. The summed E-state index contributed by atoms with van der Waals surface area (Å²) in [6.45, 7) is 4.02. The summed E-state index contributed by atoms with van der Waals surface area (Å²) in [5.74, 6) is 0. The molecule has 1 aromatic heterocycles. The Bertz CT molecular complexity index is 849. The van der Waals surface area contributed by atoms with E-state index in [0.717, 1.165) is 27.8 Å². The van der Waals surface area contributed by atoms with Gasteiger partial charge >= 0.3 is 6.03 Å². The van der Waals surface area contributed by atoms with E-state index in [1.807, 2.05) is 74.1 Å². The Hall–Kier alpha value is -2.75. The molecule has 4 heteroatoms. The van der Waals surface area contributed by atoms with E-state index < -0.39 is 0 Å². The molecule has 1 heterocycles. The Morgan fingerprint density at radius 1 is 1.00 bits per heavy atom. The van der Waals surface area contributed by atoms with Crippen molar-refractivity contribution < 1.29 is 4.79 Å². The van der Waals surface area contributed by atoms with E-state index in [-0.39, 0.29) is 6.03 Å². The number of fused-ring (bicyclic) bond motifs is 1. The minimum Gasteiger partial charge on any atom is -0.348 e. The second-order valence-electron chi connectivity index (χ2n) is 5.57. The van der Waals surface area contributed by atoms with Gasteiger partial charge in [0.05, 0.1) is 5.69 Å². The third-order valence-electron chi connectivity index (χ3n) is 3.78. The van der Waals surface area contributed by atoms with Crippen molar-refractivity contribution in [2.75, 3.05) is 10.6 Å². The Labute approximate surface area is 129 Å². The van der Waals surface area contributed by atoms with Crippen LogP contribution in [-0.4, -0.2) is 10.6 Å². The van der Waals surface area contributed by atoms with Crippen LogP contribution in [0.2, 0.25) is 0 Å². The number of rotatable bonds is 2. The molecule has 0 spiro atoms. The van der Waals surface area contributed by atoms with Crippen LogP contribution < -0.4 is 10.6 Å². The van der Waals surface area contributed by atoms with Crippen LogP contribution in [0.25, 0.3) is 10.9 Å². The molecule has 0 radical (unpaired) electrons. The second kappa shape index (κ2) is 5.56. The molecule has 4 nitrogen and oxygen atoms in total. The number of hydrogen-bond acceptors (Lipinski definition) is 1. The van der Waals surface area contributed by atoms with Gasteiger partial charge in [0.25, 0.3) is 0 Å². The highest BCUT2D eigenvalue weighted by atomic mass is 16.2. The summed E-state index contributed by atoms with van der Waals surface area (Å²) in [6, 6.07) is 13.7. The van der Waals surface area contributed by atoms with E-state index in [1.165, 1.54) is 5.56 Å². The monoisotopic (exact) mass is 293 g/mol.